The summed E-state index contributed by atoms with van der Waals surface area (Å²) in [4.78, 5) is 10.4. The molecule has 0 aliphatic carbocycles. The Kier molecular flexibility index (Phi) is 6.04. The molecule has 5 aromatic heterocycles. The van der Waals surface area contributed by atoms with E-state index in [-0.39, 0.29) is 10.8 Å². The van der Waals surface area contributed by atoms with Gasteiger partial charge in [0.1, 0.15) is 28.7 Å². The number of rotatable bonds is 3. The molecule has 5 nitrogen and oxygen atoms in total. The van der Waals surface area contributed by atoms with Crippen molar-refractivity contribution in [3.63, 3.8) is 0 Å². The van der Waals surface area contributed by atoms with Gasteiger partial charge >= 0.3 is 0 Å². The molecule has 10 rings (SSSR count). The fourth-order valence-corrected chi connectivity index (χ4v) is 7.79. The molecule has 0 radical (unpaired) electrons. The van der Waals surface area contributed by atoms with E-state index in [0.717, 1.165) is 88.4 Å². The van der Waals surface area contributed by atoms with Gasteiger partial charge in [-0.2, -0.15) is 0 Å². The lowest BCUT2D eigenvalue weighted by molar-refractivity contribution is 0.588. The Morgan fingerprint density at radius 2 is 1.33 bits per heavy atom. The van der Waals surface area contributed by atoms with Crippen LogP contribution in [0.3, 0.4) is 0 Å². The van der Waals surface area contributed by atoms with Crippen LogP contribution in [0.2, 0.25) is 0 Å². The highest BCUT2D eigenvalue weighted by Crippen LogP contribution is 2.45. The smallest absolute Gasteiger partial charge is 0.146 e. The number of benzene rings is 5. The first-order valence-electron chi connectivity index (χ1n) is 17.6. The molecule has 248 valence electrons. The second-order valence-corrected chi connectivity index (χ2v) is 16.0. The van der Waals surface area contributed by atoms with Crippen LogP contribution < -0.4 is 0 Å². The molecular weight excluding hydrogens is 627 g/mol. The molecule has 5 heteroatoms. The first kappa shape index (κ1) is 29.9. The van der Waals surface area contributed by atoms with Gasteiger partial charge in [-0.05, 0) is 93.2 Å². The van der Waals surface area contributed by atoms with Gasteiger partial charge in [0.05, 0.1) is 27.6 Å². The van der Waals surface area contributed by atoms with Crippen molar-refractivity contribution in [2.24, 2.45) is 0 Å². The van der Waals surface area contributed by atoms with Gasteiger partial charge in [0.2, 0.25) is 0 Å². The van der Waals surface area contributed by atoms with Crippen molar-refractivity contribution in [3.8, 4) is 33.5 Å². The maximum atomic E-state index is 6.57. The van der Waals surface area contributed by atoms with E-state index in [1.54, 1.807) is 0 Å². The fourth-order valence-electron chi connectivity index (χ4n) is 7.79. The third kappa shape index (κ3) is 4.47. The molecule has 5 aromatic carbocycles. The van der Waals surface area contributed by atoms with Gasteiger partial charge in [-0.15, -0.1) is 0 Å². The number of imidazole rings is 1. The number of fused-ring (bicyclic) bond motifs is 5. The minimum absolute atomic E-state index is 0.0829. The van der Waals surface area contributed by atoms with E-state index < -0.39 is 0 Å². The Hall–Kier alpha value is -5.94. The predicted molar refractivity (Wildman–Crippen MR) is 210 cm³/mol. The van der Waals surface area contributed by atoms with E-state index in [4.69, 9.17) is 18.8 Å². The van der Waals surface area contributed by atoms with Gasteiger partial charge in [0.15, 0.2) is 0 Å². The number of pyridine rings is 1. The molecule has 51 heavy (non-hydrogen) atoms. The topological polar surface area (TPSA) is 56.5 Å². The molecule has 0 amide bonds. The van der Waals surface area contributed by atoms with Crippen molar-refractivity contribution < 1.29 is 8.83 Å². The van der Waals surface area contributed by atoms with Crippen LogP contribution in [0.15, 0.2) is 124 Å². The molecule has 0 N–H and O–H groups in total. The van der Waals surface area contributed by atoms with Crippen LogP contribution in [0, 0.1) is 0 Å². The standard InChI is InChI=1S/C46H37N3O2/c1-45(2,3)30-20-28(19-29(21-30)34-22-27(17-18-47-34)26-11-8-7-9-12-26)32-13-10-14-35-43(32)48-44-33-23-31(46(4,5)6)24-39-40(33)42-38(51-39)16-15-37-41(42)36(25-50-37)49(35)44/h7-25H,1-6H3. The summed E-state index contributed by atoms with van der Waals surface area (Å²) in [7, 11) is 0. The Morgan fingerprint density at radius 1 is 0.569 bits per heavy atom. The quantitative estimate of drug-likeness (QED) is 0.189. The molecule has 0 saturated heterocycles. The monoisotopic (exact) mass is 663 g/mol. The summed E-state index contributed by atoms with van der Waals surface area (Å²) in [5.41, 5.74) is 15.2. The van der Waals surface area contributed by atoms with E-state index in [1.165, 1.54) is 16.7 Å². The normalized spacial score (nSPS) is 12.9. The number of aromatic nitrogens is 3. The maximum absolute atomic E-state index is 6.57. The summed E-state index contributed by atoms with van der Waals surface area (Å²) in [5, 5.41) is 4.31. The highest BCUT2D eigenvalue weighted by Gasteiger charge is 2.26. The number of hydrogen-bond donors (Lipinski definition) is 0. The Labute approximate surface area is 295 Å². The second-order valence-electron chi connectivity index (χ2n) is 16.0. The predicted octanol–water partition coefficient (Wildman–Crippen LogP) is 12.7. The van der Waals surface area contributed by atoms with E-state index in [9.17, 15) is 0 Å². The minimum Gasteiger partial charge on any atom is -0.462 e. The average molecular weight is 664 g/mol. The highest BCUT2D eigenvalue weighted by atomic mass is 16.3. The van der Waals surface area contributed by atoms with Gasteiger partial charge < -0.3 is 8.83 Å². The first-order chi connectivity index (χ1) is 24.5. The molecule has 0 spiro atoms. The van der Waals surface area contributed by atoms with Crippen molar-refractivity contribution >= 4 is 60.5 Å². The van der Waals surface area contributed by atoms with Crippen LogP contribution in [0.4, 0.5) is 0 Å². The molecule has 0 aliphatic heterocycles. The third-order valence-electron chi connectivity index (χ3n) is 10.6. The van der Waals surface area contributed by atoms with Gasteiger partial charge in [0.25, 0.3) is 0 Å². The molecule has 0 aliphatic rings. The number of nitrogens with zero attached hydrogens (tertiary/aromatic N) is 3. The SMILES string of the molecule is CC(C)(C)c1cc(-c2cc(-c3ccccc3)ccn2)cc(-c2cccc3c2nc2c4cc(C(C)(C)C)cc5oc6ccc7occ(c7c6c54)n32)c1. The van der Waals surface area contributed by atoms with Crippen LogP contribution >= 0.6 is 0 Å². The van der Waals surface area contributed by atoms with Gasteiger partial charge in [-0.1, -0.05) is 90.1 Å². The Morgan fingerprint density at radius 3 is 2.14 bits per heavy atom. The summed E-state index contributed by atoms with van der Waals surface area (Å²) < 4.78 is 15.1. The molecule has 0 fully saturated rings. The average Bonchev–Trinajstić information content (AvgIpc) is 3.81. The lowest BCUT2D eigenvalue weighted by Gasteiger charge is -2.22. The van der Waals surface area contributed by atoms with E-state index >= 15 is 0 Å². The zero-order valence-electron chi connectivity index (χ0n) is 29.6. The Balaban J connectivity index is 1.29. The van der Waals surface area contributed by atoms with Gasteiger partial charge in [-0.3, -0.25) is 9.38 Å². The van der Waals surface area contributed by atoms with Gasteiger partial charge in [-0.25, -0.2) is 4.98 Å². The van der Waals surface area contributed by atoms with Crippen LogP contribution in [0.5, 0.6) is 0 Å². The molecule has 0 atom stereocenters. The summed E-state index contributed by atoms with van der Waals surface area (Å²) in [6, 6.07) is 36.8. The summed E-state index contributed by atoms with van der Waals surface area (Å²) in [6.07, 6.45) is 3.79. The van der Waals surface area contributed by atoms with Crippen molar-refractivity contribution in [3.05, 3.63) is 127 Å². The van der Waals surface area contributed by atoms with Crippen molar-refractivity contribution in [2.45, 2.75) is 52.4 Å². The zero-order valence-corrected chi connectivity index (χ0v) is 29.6. The molecule has 10 aromatic rings. The zero-order chi connectivity index (χ0) is 34.8. The maximum Gasteiger partial charge on any atom is 0.146 e. The van der Waals surface area contributed by atoms with Crippen molar-refractivity contribution in [1.29, 1.82) is 0 Å². The lowest BCUT2D eigenvalue weighted by atomic mass is 9.83. The number of hydrogen-bond acceptors (Lipinski definition) is 4. The third-order valence-corrected chi connectivity index (χ3v) is 10.6. The van der Waals surface area contributed by atoms with Crippen LogP contribution in [-0.4, -0.2) is 14.4 Å². The molecular formula is C46H37N3O2. The highest BCUT2D eigenvalue weighted by molar-refractivity contribution is 6.30. The molecule has 5 heterocycles. The second kappa shape index (κ2) is 10.3. The van der Waals surface area contributed by atoms with E-state index in [2.05, 4.69) is 131 Å². The largest absolute Gasteiger partial charge is 0.462 e. The summed E-state index contributed by atoms with van der Waals surface area (Å²) in [5.74, 6) is 0. The lowest BCUT2D eigenvalue weighted by Crippen LogP contribution is -2.11. The summed E-state index contributed by atoms with van der Waals surface area (Å²) in [6.45, 7) is 13.5. The van der Waals surface area contributed by atoms with Crippen LogP contribution in [0.25, 0.3) is 94.0 Å². The van der Waals surface area contributed by atoms with Crippen molar-refractivity contribution in [2.75, 3.05) is 0 Å². The number of furan rings is 2. The molecule has 0 saturated carbocycles. The van der Waals surface area contributed by atoms with Crippen molar-refractivity contribution in [1.82, 2.24) is 14.4 Å². The van der Waals surface area contributed by atoms with Gasteiger partial charge in [0, 0.05) is 33.5 Å². The fraction of sp³-hybridized carbons (Fsp3) is 0.174. The Bertz CT molecular complexity index is 2980. The van der Waals surface area contributed by atoms with E-state index in [0.29, 0.717) is 0 Å². The molecule has 0 unspecified atom stereocenters. The number of para-hydroxylation sites is 1. The minimum atomic E-state index is -0.0845. The summed E-state index contributed by atoms with van der Waals surface area (Å²) >= 11 is 0. The molecule has 0 bridgehead atoms. The van der Waals surface area contributed by atoms with E-state index in [1.807, 2.05) is 30.7 Å². The van der Waals surface area contributed by atoms with Crippen LogP contribution in [0.1, 0.15) is 52.7 Å². The van der Waals surface area contributed by atoms with Crippen LogP contribution in [-0.2, 0) is 10.8 Å². The first-order valence-corrected chi connectivity index (χ1v) is 17.6.